The normalized spacial score (nSPS) is 15.9. The fraction of sp³-hybridized carbons (Fsp3) is 0.440. The smallest absolute Gasteiger partial charge is 0.338 e. The van der Waals surface area contributed by atoms with E-state index in [-0.39, 0.29) is 18.7 Å². The maximum atomic E-state index is 13.1. The minimum absolute atomic E-state index is 0.0401. The van der Waals surface area contributed by atoms with Crippen molar-refractivity contribution in [2.75, 3.05) is 33.4 Å². The zero-order chi connectivity index (χ0) is 24.5. The van der Waals surface area contributed by atoms with Crippen LogP contribution in [0.3, 0.4) is 0 Å². The Morgan fingerprint density at radius 1 is 1.18 bits per heavy atom. The van der Waals surface area contributed by atoms with E-state index in [2.05, 4.69) is 10.6 Å². The Bertz CT molecular complexity index is 969. The van der Waals surface area contributed by atoms with Gasteiger partial charge < -0.3 is 29.3 Å². The second kappa shape index (κ2) is 12.2. The summed E-state index contributed by atoms with van der Waals surface area (Å²) in [5.41, 5.74) is 1.60. The van der Waals surface area contributed by atoms with Crippen molar-refractivity contribution < 1.29 is 28.2 Å². The largest absolute Gasteiger partial charge is 0.491 e. The summed E-state index contributed by atoms with van der Waals surface area (Å²) in [5, 5.41) is 5.68. The van der Waals surface area contributed by atoms with Crippen LogP contribution in [0.25, 0.3) is 0 Å². The first kappa shape index (κ1) is 25.3. The van der Waals surface area contributed by atoms with Crippen molar-refractivity contribution in [1.82, 2.24) is 15.5 Å². The van der Waals surface area contributed by atoms with Crippen molar-refractivity contribution in [2.24, 2.45) is 0 Å². The van der Waals surface area contributed by atoms with E-state index in [1.807, 2.05) is 55.1 Å². The molecule has 1 aromatic heterocycles. The van der Waals surface area contributed by atoms with Gasteiger partial charge in [0.15, 0.2) is 0 Å². The SMILES string of the molecule is CCOC(=O)C1=C(CN(CCOC)Cc2ccco2)NC(=O)N[C@@H]1c1ccc(OC(C)C)cc1. The van der Waals surface area contributed by atoms with Crippen LogP contribution in [0.1, 0.15) is 38.1 Å². The molecule has 9 heteroatoms. The van der Waals surface area contributed by atoms with E-state index in [4.69, 9.17) is 18.6 Å². The number of hydrogen-bond donors (Lipinski definition) is 2. The minimum Gasteiger partial charge on any atom is -0.491 e. The molecule has 2 aromatic rings. The molecule has 0 aliphatic carbocycles. The molecule has 9 nitrogen and oxygen atoms in total. The lowest BCUT2D eigenvalue weighted by Crippen LogP contribution is -2.48. The standard InChI is InChI=1S/C25H33N3O6/c1-5-32-24(29)22-21(16-28(12-14-31-4)15-20-7-6-13-33-20)26-25(30)27-23(22)18-8-10-19(11-9-18)34-17(2)3/h6-11,13,17,23H,5,12,14-16H2,1-4H3,(H2,26,27,30)/t23-/m1/s1. The monoisotopic (exact) mass is 471 g/mol. The predicted molar refractivity (Wildman–Crippen MR) is 126 cm³/mol. The first-order valence-corrected chi connectivity index (χ1v) is 11.4. The van der Waals surface area contributed by atoms with Gasteiger partial charge >= 0.3 is 12.0 Å². The highest BCUT2D eigenvalue weighted by Crippen LogP contribution is 2.30. The quantitative estimate of drug-likeness (QED) is 0.458. The Balaban J connectivity index is 1.95. The third-order valence-corrected chi connectivity index (χ3v) is 5.19. The molecule has 0 saturated heterocycles. The number of nitrogens with one attached hydrogen (secondary N) is 2. The summed E-state index contributed by atoms with van der Waals surface area (Å²) in [6, 6.07) is 9.99. The van der Waals surface area contributed by atoms with Crippen LogP contribution in [0.4, 0.5) is 4.79 Å². The second-order valence-corrected chi connectivity index (χ2v) is 8.16. The van der Waals surface area contributed by atoms with Crippen LogP contribution in [-0.2, 0) is 20.8 Å². The Morgan fingerprint density at radius 2 is 1.94 bits per heavy atom. The highest BCUT2D eigenvalue weighted by atomic mass is 16.5. The van der Waals surface area contributed by atoms with Gasteiger partial charge in [-0.3, -0.25) is 4.90 Å². The zero-order valence-electron chi connectivity index (χ0n) is 20.1. The average molecular weight is 472 g/mol. The van der Waals surface area contributed by atoms with Crippen LogP contribution < -0.4 is 15.4 Å². The molecule has 3 rings (SSSR count). The Labute approximate surface area is 200 Å². The van der Waals surface area contributed by atoms with Crippen molar-refractivity contribution in [2.45, 2.75) is 39.5 Å². The van der Waals surface area contributed by atoms with E-state index in [0.29, 0.717) is 43.3 Å². The molecule has 184 valence electrons. The number of furan rings is 1. The molecule has 0 fully saturated rings. The van der Waals surface area contributed by atoms with Gasteiger partial charge in [0, 0.05) is 25.9 Å². The van der Waals surface area contributed by atoms with Crippen molar-refractivity contribution in [1.29, 1.82) is 0 Å². The Kier molecular flexibility index (Phi) is 9.12. The van der Waals surface area contributed by atoms with Crippen molar-refractivity contribution in [3.63, 3.8) is 0 Å². The first-order valence-electron chi connectivity index (χ1n) is 11.4. The molecule has 1 aromatic carbocycles. The molecule has 2 N–H and O–H groups in total. The van der Waals surface area contributed by atoms with Gasteiger partial charge in [-0.2, -0.15) is 0 Å². The molecular formula is C25H33N3O6. The number of rotatable bonds is 12. The summed E-state index contributed by atoms with van der Waals surface area (Å²) in [6.45, 7) is 7.72. The van der Waals surface area contributed by atoms with Gasteiger partial charge in [0.05, 0.1) is 43.7 Å². The molecule has 0 unspecified atom stereocenters. The van der Waals surface area contributed by atoms with Gasteiger partial charge in [0.2, 0.25) is 0 Å². The summed E-state index contributed by atoms with van der Waals surface area (Å²) in [7, 11) is 1.63. The molecule has 2 amide bonds. The van der Waals surface area contributed by atoms with Gasteiger partial charge in [-0.1, -0.05) is 12.1 Å². The molecule has 34 heavy (non-hydrogen) atoms. The lowest BCUT2D eigenvalue weighted by Gasteiger charge is -2.32. The summed E-state index contributed by atoms with van der Waals surface area (Å²) in [4.78, 5) is 27.7. The fourth-order valence-corrected chi connectivity index (χ4v) is 3.73. The van der Waals surface area contributed by atoms with Gasteiger partial charge in [-0.25, -0.2) is 9.59 Å². The van der Waals surface area contributed by atoms with E-state index in [0.717, 1.165) is 11.3 Å². The third-order valence-electron chi connectivity index (χ3n) is 5.19. The molecule has 1 aliphatic rings. The highest BCUT2D eigenvalue weighted by Gasteiger charge is 2.34. The number of hydrogen-bond acceptors (Lipinski definition) is 7. The molecule has 1 aliphatic heterocycles. The predicted octanol–water partition coefficient (Wildman–Crippen LogP) is 3.39. The number of amides is 2. The van der Waals surface area contributed by atoms with E-state index >= 15 is 0 Å². The number of carbonyl (C=O) groups is 2. The molecule has 1 atom stereocenters. The van der Waals surface area contributed by atoms with E-state index in [1.54, 1.807) is 20.3 Å². The number of ether oxygens (including phenoxy) is 3. The number of carbonyl (C=O) groups excluding carboxylic acids is 2. The van der Waals surface area contributed by atoms with Crippen LogP contribution >= 0.6 is 0 Å². The molecular weight excluding hydrogens is 438 g/mol. The maximum Gasteiger partial charge on any atom is 0.338 e. The molecule has 0 bridgehead atoms. The summed E-state index contributed by atoms with van der Waals surface area (Å²) < 4.78 is 21.8. The lowest BCUT2D eigenvalue weighted by molar-refractivity contribution is -0.139. The summed E-state index contributed by atoms with van der Waals surface area (Å²) in [6.07, 6.45) is 1.65. The maximum absolute atomic E-state index is 13.1. The number of methoxy groups -OCH3 is 1. The van der Waals surface area contributed by atoms with Gasteiger partial charge in [-0.15, -0.1) is 0 Å². The first-order chi connectivity index (χ1) is 16.4. The fourth-order valence-electron chi connectivity index (χ4n) is 3.73. The van der Waals surface area contributed by atoms with Gasteiger partial charge in [0.1, 0.15) is 11.5 Å². The molecule has 0 saturated carbocycles. The highest BCUT2D eigenvalue weighted by molar-refractivity contribution is 5.95. The Morgan fingerprint density at radius 3 is 2.56 bits per heavy atom. The topological polar surface area (TPSA) is 102 Å². The lowest BCUT2D eigenvalue weighted by atomic mass is 9.95. The van der Waals surface area contributed by atoms with Crippen molar-refractivity contribution >= 4 is 12.0 Å². The average Bonchev–Trinajstić information content (AvgIpc) is 3.30. The van der Waals surface area contributed by atoms with Crippen LogP contribution in [0.2, 0.25) is 0 Å². The summed E-state index contributed by atoms with van der Waals surface area (Å²) in [5.74, 6) is 0.999. The minimum atomic E-state index is -0.663. The molecule has 0 radical (unpaired) electrons. The third kappa shape index (κ3) is 6.85. The van der Waals surface area contributed by atoms with Crippen LogP contribution in [0, 0.1) is 0 Å². The second-order valence-electron chi connectivity index (χ2n) is 8.16. The number of urea groups is 1. The van der Waals surface area contributed by atoms with E-state index in [1.165, 1.54) is 0 Å². The number of nitrogens with zero attached hydrogens (tertiary/aromatic N) is 1. The van der Waals surface area contributed by atoms with Crippen molar-refractivity contribution in [3.05, 3.63) is 65.3 Å². The van der Waals surface area contributed by atoms with Crippen LogP contribution in [0.5, 0.6) is 5.75 Å². The zero-order valence-corrected chi connectivity index (χ0v) is 20.1. The van der Waals surface area contributed by atoms with E-state index in [9.17, 15) is 9.59 Å². The van der Waals surface area contributed by atoms with Crippen LogP contribution in [-0.4, -0.2) is 56.4 Å². The summed E-state index contributed by atoms with van der Waals surface area (Å²) >= 11 is 0. The van der Waals surface area contributed by atoms with Gasteiger partial charge in [-0.05, 0) is 50.6 Å². The Hall–Kier alpha value is -3.30. The number of benzene rings is 1. The van der Waals surface area contributed by atoms with Crippen LogP contribution in [0.15, 0.2) is 58.3 Å². The van der Waals surface area contributed by atoms with E-state index < -0.39 is 12.0 Å². The molecule has 2 heterocycles. The number of esters is 1. The van der Waals surface area contributed by atoms with Gasteiger partial charge in [0.25, 0.3) is 0 Å². The van der Waals surface area contributed by atoms with Crippen molar-refractivity contribution in [3.8, 4) is 5.75 Å². The molecule has 0 spiro atoms.